The van der Waals surface area contributed by atoms with E-state index < -0.39 is 22.0 Å². The molecule has 8 heteroatoms. The Morgan fingerprint density at radius 3 is 2.54 bits per heavy atom. The van der Waals surface area contributed by atoms with Crippen LogP contribution in [0.15, 0.2) is 59.6 Å². The summed E-state index contributed by atoms with van der Waals surface area (Å²) in [5.41, 5.74) is 2.10. The third-order valence-electron chi connectivity index (χ3n) is 4.17. The molecule has 0 radical (unpaired) electrons. The molecule has 144 valence electrons. The van der Waals surface area contributed by atoms with E-state index in [4.69, 9.17) is 5.11 Å². The lowest BCUT2D eigenvalue weighted by Crippen LogP contribution is -2.42. The van der Waals surface area contributed by atoms with Crippen LogP contribution in [-0.2, 0) is 21.2 Å². The molecule has 7 nitrogen and oxygen atoms in total. The van der Waals surface area contributed by atoms with Crippen molar-refractivity contribution < 1.29 is 23.4 Å². The second-order valence-corrected chi connectivity index (χ2v) is 7.77. The van der Waals surface area contributed by atoms with Gasteiger partial charge in [-0.05, 0) is 35.9 Å². The highest BCUT2D eigenvalue weighted by Crippen LogP contribution is 2.20. The van der Waals surface area contributed by atoms with E-state index >= 15 is 0 Å². The second kappa shape index (κ2) is 8.27. The van der Waals surface area contributed by atoms with Crippen molar-refractivity contribution in [2.45, 2.75) is 17.4 Å². The Hall–Kier alpha value is -3.12. The minimum atomic E-state index is -4.04. The minimum absolute atomic E-state index is 0.00135. The monoisotopic (exact) mass is 398 g/mol. The molecule has 0 bridgehead atoms. The first kappa shape index (κ1) is 19.6. The van der Waals surface area contributed by atoms with Crippen molar-refractivity contribution in [2.75, 3.05) is 6.61 Å². The summed E-state index contributed by atoms with van der Waals surface area (Å²) in [4.78, 5) is 14.7. The number of aromatic amines is 1. The molecule has 0 spiro atoms. The number of hydrogen-bond donors (Lipinski definition) is 4. The van der Waals surface area contributed by atoms with Gasteiger partial charge in [0.25, 0.3) is 0 Å². The summed E-state index contributed by atoms with van der Waals surface area (Å²) < 4.78 is 27.5. The fourth-order valence-electron chi connectivity index (χ4n) is 2.81. The number of aliphatic hydroxyl groups excluding tert-OH is 1. The van der Waals surface area contributed by atoms with Crippen LogP contribution in [0.25, 0.3) is 10.9 Å². The van der Waals surface area contributed by atoms with Gasteiger partial charge in [-0.3, -0.25) is 4.79 Å². The third-order valence-corrected chi connectivity index (χ3v) is 5.66. The van der Waals surface area contributed by atoms with E-state index in [1.54, 1.807) is 6.20 Å². The molecule has 0 aliphatic carbocycles. The number of carboxylic acids is 1. The standard InChI is InChI=1S/C20H18N2O5S/c23-11-3-4-14-7-9-16(10-8-14)28(26,27)22-19(20(24)25)12-15-13-21-18-6-2-1-5-17(15)18/h1-2,5-10,13,19,21-23H,11-12H2,(H,24,25)/t19-/m1/s1. The van der Waals surface area contributed by atoms with Gasteiger partial charge in [0.1, 0.15) is 12.6 Å². The molecular weight excluding hydrogens is 380 g/mol. The van der Waals surface area contributed by atoms with Crippen LogP contribution >= 0.6 is 0 Å². The Morgan fingerprint density at radius 2 is 1.86 bits per heavy atom. The number of nitrogens with one attached hydrogen (secondary N) is 2. The highest BCUT2D eigenvalue weighted by atomic mass is 32.2. The molecule has 0 aliphatic heterocycles. The van der Waals surface area contributed by atoms with Crippen molar-refractivity contribution in [3.8, 4) is 11.8 Å². The summed E-state index contributed by atoms with van der Waals surface area (Å²) in [5, 5.41) is 19.1. The highest BCUT2D eigenvalue weighted by molar-refractivity contribution is 7.89. The molecule has 1 aromatic heterocycles. The Bertz CT molecular complexity index is 1150. The number of carbonyl (C=O) groups is 1. The Labute approximate surface area is 162 Å². The van der Waals surface area contributed by atoms with Crippen LogP contribution in [0.2, 0.25) is 0 Å². The Kier molecular flexibility index (Phi) is 5.80. The fraction of sp³-hybridized carbons (Fsp3) is 0.150. The summed E-state index contributed by atoms with van der Waals surface area (Å²) in [7, 11) is -4.04. The predicted molar refractivity (Wildman–Crippen MR) is 104 cm³/mol. The van der Waals surface area contributed by atoms with Crippen molar-refractivity contribution in [3.05, 3.63) is 65.9 Å². The largest absolute Gasteiger partial charge is 0.480 e. The molecule has 0 unspecified atom stereocenters. The summed E-state index contributed by atoms with van der Waals surface area (Å²) in [5.74, 6) is 3.87. The van der Waals surface area contributed by atoms with Crippen molar-refractivity contribution in [1.29, 1.82) is 0 Å². The van der Waals surface area contributed by atoms with Crippen LogP contribution in [-0.4, -0.2) is 42.2 Å². The van der Waals surface area contributed by atoms with Crippen molar-refractivity contribution in [2.24, 2.45) is 0 Å². The van der Waals surface area contributed by atoms with Gasteiger partial charge in [-0.15, -0.1) is 0 Å². The molecule has 0 saturated carbocycles. The van der Waals surface area contributed by atoms with E-state index in [9.17, 15) is 18.3 Å². The zero-order valence-corrected chi connectivity index (χ0v) is 15.5. The van der Waals surface area contributed by atoms with Gasteiger partial charge < -0.3 is 15.2 Å². The lowest BCUT2D eigenvalue weighted by molar-refractivity contribution is -0.138. The first-order valence-electron chi connectivity index (χ1n) is 8.40. The number of sulfonamides is 1. The first-order chi connectivity index (χ1) is 13.4. The number of fused-ring (bicyclic) bond motifs is 1. The molecule has 1 heterocycles. The maximum Gasteiger partial charge on any atom is 0.322 e. The number of carboxylic acid groups (broad SMARTS) is 1. The van der Waals surface area contributed by atoms with E-state index in [0.29, 0.717) is 11.1 Å². The summed E-state index contributed by atoms with van der Waals surface area (Å²) in [6, 6.07) is 11.7. The lowest BCUT2D eigenvalue weighted by Gasteiger charge is -2.14. The van der Waals surface area contributed by atoms with E-state index in [0.717, 1.165) is 10.9 Å². The number of aromatic nitrogens is 1. The van der Waals surface area contributed by atoms with Gasteiger partial charge in [-0.2, -0.15) is 4.72 Å². The van der Waals surface area contributed by atoms with Crippen LogP contribution in [0.1, 0.15) is 11.1 Å². The van der Waals surface area contributed by atoms with E-state index in [1.165, 1.54) is 24.3 Å². The molecule has 28 heavy (non-hydrogen) atoms. The van der Waals surface area contributed by atoms with Gasteiger partial charge in [0.15, 0.2) is 0 Å². The lowest BCUT2D eigenvalue weighted by atomic mass is 10.1. The van der Waals surface area contributed by atoms with Crippen LogP contribution in [0, 0.1) is 11.8 Å². The van der Waals surface area contributed by atoms with E-state index in [2.05, 4.69) is 21.5 Å². The molecule has 1 atom stereocenters. The van der Waals surface area contributed by atoms with Crippen LogP contribution in [0.5, 0.6) is 0 Å². The van der Waals surface area contributed by atoms with Gasteiger partial charge in [-0.25, -0.2) is 8.42 Å². The fourth-order valence-corrected chi connectivity index (χ4v) is 4.00. The van der Waals surface area contributed by atoms with Crippen LogP contribution < -0.4 is 4.72 Å². The molecule has 0 saturated heterocycles. The van der Waals surface area contributed by atoms with Gasteiger partial charge in [0.2, 0.25) is 10.0 Å². The minimum Gasteiger partial charge on any atom is -0.480 e. The molecule has 0 fully saturated rings. The van der Waals surface area contributed by atoms with E-state index in [1.807, 2.05) is 24.3 Å². The third kappa shape index (κ3) is 4.40. The summed E-state index contributed by atoms with van der Waals surface area (Å²) in [6.07, 6.45) is 1.68. The Balaban J connectivity index is 1.82. The molecule has 4 N–H and O–H groups in total. The smallest absolute Gasteiger partial charge is 0.322 e. The number of H-pyrrole nitrogens is 1. The van der Waals surface area contributed by atoms with E-state index in [-0.39, 0.29) is 17.9 Å². The van der Waals surface area contributed by atoms with Gasteiger partial charge in [0, 0.05) is 29.1 Å². The molecule has 0 aliphatic rings. The predicted octanol–water partition coefficient (Wildman–Crippen LogP) is 1.49. The van der Waals surface area contributed by atoms with Crippen LogP contribution in [0.4, 0.5) is 0 Å². The zero-order chi connectivity index (χ0) is 20.1. The van der Waals surface area contributed by atoms with Crippen LogP contribution in [0.3, 0.4) is 0 Å². The average Bonchev–Trinajstić information content (AvgIpc) is 3.09. The highest BCUT2D eigenvalue weighted by Gasteiger charge is 2.26. The Morgan fingerprint density at radius 1 is 1.14 bits per heavy atom. The number of hydrogen-bond acceptors (Lipinski definition) is 4. The normalized spacial score (nSPS) is 12.3. The van der Waals surface area contributed by atoms with Crippen molar-refractivity contribution in [3.63, 3.8) is 0 Å². The molecule has 3 rings (SSSR count). The summed E-state index contributed by atoms with van der Waals surface area (Å²) >= 11 is 0. The van der Waals surface area contributed by atoms with Gasteiger partial charge in [0.05, 0.1) is 4.90 Å². The van der Waals surface area contributed by atoms with Crippen molar-refractivity contribution >= 4 is 26.9 Å². The maximum atomic E-state index is 12.6. The topological polar surface area (TPSA) is 119 Å². The average molecular weight is 398 g/mol. The summed E-state index contributed by atoms with van der Waals surface area (Å²) in [6.45, 7) is -0.296. The number of aliphatic hydroxyl groups is 1. The number of aliphatic carboxylic acids is 1. The SMILES string of the molecule is O=C(O)[C@@H](Cc1c[nH]c2ccccc12)NS(=O)(=O)c1ccc(C#CCO)cc1. The second-order valence-electron chi connectivity index (χ2n) is 6.06. The number of benzene rings is 2. The molecule has 3 aromatic rings. The molecule has 2 aromatic carbocycles. The van der Waals surface area contributed by atoms with Crippen molar-refractivity contribution in [1.82, 2.24) is 9.71 Å². The quantitative estimate of drug-likeness (QED) is 0.469. The zero-order valence-electron chi connectivity index (χ0n) is 14.7. The maximum absolute atomic E-state index is 12.6. The number of para-hydroxylation sites is 1. The number of rotatable bonds is 6. The molecular formula is C20H18N2O5S. The van der Waals surface area contributed by atoms with Gasteiger partial charge >= 0.3 is 5.97 Å². The van der Waals surface area contributed by atoms with Gasteiger partial charge in [-0.1, -0.05) is 30.0 Å². The first-order valence-corrected chi connectivity index (χ1v) is 9.89. The molecule has 0 amide bonds.